The van der Waals surface area contributed by atoms with Gasteiger partial charge in [0.15, 0.2) is 11.5 Å². The average molecular weight is 247 g/mol. The van der Waals surface area contributed by atoms with Crippen LogP contribution >= 0.6 is 0 Å². The Morgan fingerprint density at radius 1 is 1.22 bits per heavy atom. The van der Waals surface area contributed by atoms with E-state index < -0.39 is 0 Å². The summed E-state index contributed by atoms with van der Waals surface area (Å²) in [6.45, 7) is 1.92. The number of imidazole rings is 1. The fraction of sp³-hybridized carbons (Fsp3) is 0.308. The lowest BCUT2D eigenvalue weighted by Gasteiger charge is -2.13. The van der Waals surface area contributed by atoms with Crippen molar-refractivity contribution in [3.8, 4) is 17.2 Å². The van der Waals surface area contributed by atoms with Crippen LogP contribution in [-0.2, 0) is 0 Å². The maximum absolute atomic E-state index is 5.91. The number of nitrogens with two attached hydrogens (primary N) is 1. The van der Waals surface area contributed by atoms with Gasteiger partial charge in [-0.25, -0.2) is 4.98 Å². The van der Waals surface area contributed by atoms with E-state index in [4.69, 9.17) is 15.2 Å². The second kappa shape index (κ2) is 5.10. The molecule has 0 unspecified atom stereocenters. The molecule has 5 heteroatoms. The molecule has 2 rings (SSSR count). The molecule has 5 nitrogen and oxygen atoms in total. The van der Waals surface area contributed by atoms with Crippen molar-refractivity contribution in [2.24, 2.45) is 5.73 Å². The molecule has 0 aliphatic carbocycles. The highest BCUT2D eigenvalue weighted by Gasteiger charge is 2.11. The Morgan fingerprint density at radius 2 is 1.94 bits per heavy atom. The van der Waals surface area contributed by atoms with Gasteiger partial charge in [0.25, 0.3) is 0 Å². The minimum atomic E-state index is -0.0828. The van der Waals surface area contributed by atoms with Gasteiger partial charge in [-0.3, -0.25) is 0 Å². The first-order chi connectivity index (χ1) is 8.67. The van der Waals surface area contributed by atoms with Crippen molar-refractivity contribution in [1.29, 1.82) is 0 Å². The molecule has 2 aromatic rings. The van der Waals surface area contributed by atoms with Crippen molar-refractivity contribution in [3.05, 3.63) is 36.4 Å². The molecule has 1 heterocycles. The molecule has 1 aromatic carbocycles. The van der Waals surface area contributed by atoms with E-state index in [1.807, 2.05) is 29.7 Å². The quantitative estimate of drug-likeness (QED) is 0.896. The Hall–Kier alpha value is -2.01. The van der Waals surface area contributed by atoms with Gasteiger partial charge in [0.2, 0.25) is 0 Å². The number of rotatable bonds is 4. The highest BCUT2D eigenvalue weighted by molar-refractivity contribution is 5.49. The van der Waals surface area contributed by atoms with E-state index in [1.54, 1.807) is 26.7 Å². The second-order valence-electron chi connectivity index (χ2n) is 4.02. The van der Waals surface area contributed by atoms with Crippen molar-refractivity contribution in [2.75, 3.05) is 14.2 Å². The summed E-state index contributed by atoms with van der Waals surface area (Å²) in [7, 11) is 3.23. The number of nitrogens with zero attached hydrogens (tertiary/aromatic N) is 2. The summed E-state index contributed by atoms with van der Waals surface area (Å²) in [4.78, 5) is 4.13. The number of ether oxygens (including phenoxy) is 2. The van der Waals surface area contributed by atoms with Gasteiger partial charge < -0.3 is 19.8 Å². The van der Waals surface area contributed by atoms with Crippen LogP contribution in [0.4, 0.5) is 0 Å². The van der Waals surface area contributed by atoms with Crippen LogP contribution in [0.25, 0.3) is 5.69 Å². The maximum Gasteiger partial charge on any atom is 0.162 e. The first-order valence-corrected chi connectivity index (χ1v) is 5.67. The van der Waals surface area contributed by atoms with E-state index in [-0.39, 0.29) is 6.04 Å². The second-order valence-corrected chi connectivity index (χ2v) is 4.02. The number of benzene rings is 1. The zero-order valence-electron chi connectivity index (χ0n) is 10.8. The molecule has 0 saturated heterocycles. The third kappa shape index (κ3) is 2.17. The minimum Gasteiger partial charge on any atom is -0.493 e. The first kappa shape index (κ1) is 12.4. The smallest absolute Gasteiger partial charge is 0.162 e. The molecule has 0 spiro atoms. The predicted molar refractivity (Wildman–Crippen MR) is 69.3 cm³/mol. The Bertz CT molecular complexity index is 535. The molecule has 1 aromatic heterocycles. The largest absolute Gasteiger partial charge is 0.493 e. The summed E-state index contributed by atoms with van der Waals surface area (Å²) >= 11 is 0. The number of methoxy groups -OCH3 is 2. The molecule has 18 heavy (non-hydrogen) atoms. The molecular formula is C13H17N3O2. The van der Waals surface area contributed by atoms with Crippen molar-refractivity contribution < 1.29 is 9.47 Å². The summed E-state index contributed by atoms with van der Waals surface area (Å²) in [6.07, 6.45) is 3.50. The van der Waals surface area contributed by atoms with Crippen molar-refractivity contribution >= 4 is 0 Å². The SMILES string of the molecule is COc1ccc(-n2cncc2[C@H](C)N)cc1OC. The molecule has 0 aliphatic rings. The van der Waals surface area contributed by atoms with Crippen LogP contribution in [0.5, 0.6) is 11.5 Å². The van der Waals surface area contributed by atoms with Gasteiger partial charge >= 0.3 is 0 Å². The maximum atomic E-state index is 5.91. The van der Waals surface area contributed by atoms with Crippen molar-refractivity contribution in [1.82, 2.24) is 9.55 Å². The summed E-state index contributed by atoms with van der Waals surface area (Å²) in [5.74, 6) is 1.38. The molecular weight excluding hydrogens is 230 g/mol. The molecule has 0 amide bonds. The average Bonchev–Trinajstić information content (AvgIpc) is 2.87. The number of aromatic nitrogens is 2. The molecule has 96 valence electrons. The summed E-state index contributed by atoms with van der Waals surface area (Å²) in [5.41, 5.74) is 7.79. The fourth-order valence-corrected chi connectivity index (χ4v) is 1.83. The highest BCUT2D eigenvalue weighted by Crippen LogP contribution is 2.29. The molecule has 1 atom stereocenters. The Labute approximate surface area is 106 Å². The zero-order valence-corrected chi connectivity index (χ0v) is 10.8. The molecule has 0 aliphatic heterocycles. The number of hydrogen-bond acceptors (Lipinski definition) is 4. The van der Waals surface area contributed by atoms with Crippen LogP contribution in [0.2, 0.25) is 0 Å². The Morgan fingerprint density at radius 3 is 2.56 bits per heavy atom. The minimum absolute atomic E-state index is 0.0828. The standard InChI is InChI=1S/C13H17N3O2/c1-9(14)11-7-15-8-16(11)10-4-5-12(17-2)13(6-10)18-3/h4-9H,14H2,1-3H3/t9-/m0/s1. The molecule has 0 fully saturated rings. The summed E-state index contributed by atoms with van der Waals surface area (Å²) < 4.78 is 12.4. The Balaban J connectivity index is 2.48. The van der Waals surface area contributed by atoms with Gasteiger partial charge in [-0.2, -0.15) is 0 Å². The van der Waals surface area contributed by atoms with E-state index in [2.05, 4.69) is 4.98 Å². The lowest BCUT2D eigenvalue weighted by atomic mass is 10.2. The van der Waals surface area contributed by atoms with Gasteiger partial charge in [-0.1, -0.05) is 0 Å². The fourth-order valence-electron chi connectivity index (χ4n) is 1.83. The Kier molecular flexibility index (Phi) is 3.53. The van der Waals surface area contributed by atoms with Crippen LogP contribution in [0, 0.1) is 0 Å². The molecule has 0 bridgehead atoms. The van der Waals surface area contributed by atoms with Crippen LogP contribution in [-0.4, -0.2) is 23.8 Å². The highest BCUT2D eigenvalue weighted by atomic mass is 16.5. The number of hydrogen-bond donors (Lipinski definition) is 1. The zero-order chi connectivity index (χ0) is 13.1. The normalized spacial score (nSPS) is 12.2. The van der Waals surface area contributed by atoms with Gasteiger partial charge in [0.05, 0.1) is 38.1 Å². The van der Waals surface area contributed by atoms with Crippen molar-refractivity contribution in [2.45, 2.75) is 13.0 Å². The van der Waals surface area contributed by atoms with E-state index in [0.717, 1.165) is 11.4 Å². The van der Waals surface area contributed by atoms with E-state index in [9.17, 15) is 0 Å². The summed E-state index contributed by atoms with van der Waals surface area (Å²) in [5, 5.41) is 0. The molecule has 2 N–H and O–H groups in total. The van der Waals surface area contributed by atoms with Crippen LogP contribution in [0.3, 0.4) is 0 Å². The lowest BCUT2D eigenvalue weighted by molar-refractivity contribution is 0.355. The van der Waals surface area contributed by atoms with Crippen LogP contribution in [0.15, 0.2) is 30.7 Å². The predicted octanol–water partition coefficient (Wildman–Crippen LogP) is 1.91. The lowest BCUT2D eigenvalue weighted by Crippen LogP contribution is -2.10. The van der Waals surface area contributed by atoms with Crippen LogP contribution in [0.1, 0.15) is 18.7 Å². The van der Waals surface area contributed by atoms with Gasteiger partial charge in [-0.15, -0.1) is 0 Å². The van der Waals surface area contributed by atoms with Gasteiger partial charge in [0, 0.05) is 12.1 Å². The topological polar surface area (TPSA) is 62.3 Å². The van der Waals surface area contributed by atoms with Crippen molar-refractivity contribution in [3.63, 3.8) is 0 Å². The van der Waals surface area contributed by atoms with E-state index in [0.29, 0.717) is 11.5 Å². The summed E-state index contributed by atoms with van der Waals surface area (Å²) in [6, 6.07) is 5.61. The van der Waals surface area contributed by atoms with Crippen LogP contribution < -0.4 is 15.2 Å². The molecule has 0 radical (unpaired) electrons. The first-order valence-electron chi connectivity index (χ1n) is 5.67. The van der Waals surface area contributed by atoms with Gasteiger partial charge in [-0.05, 0) is 19.1 Å². The van der Waals surface area contributed by atoms with E-state index >= 15 is 0 Å². The third-order valence-electron chi connectivity index (χ3n) is 2.78. The third-order valence-corrected chi connectivity index (χ3v) is 2.78. The van der Waals surface area contributed by atoms with Gasteiger partial charge in [0.1, 0.15) is 0 Å². The molecule has 0 saturated carbocycles. The van der Waals surface area contributed by atoms with E-state index in [1.165, 1.54) is 0 Å². The monoisotopic (exact) mass is 247 g/mol.